The number of ether oxygens (including phenoxy) is 1. The number of amides is 1. The number of hydrogen-bond donors (Lipinski definition) is 1. The van der Waals surface area contributed by atoms with E-state index in [4.69, 9.17) is 4.74 Å². The van der Waals surface area contributed by atoms with Crippen LogP contribution in [-0.4, -0.2) is 70.5 Å². The molecule has 7 nitrogen and oxygen atoms in total. The third-order valence-corrected chi connectivity index (χ3v) is 6.74. The third-order valence-electron chi connectivity index (χ3n) is 4.93. The van der Waals surface area contributed by atoms with Crippen LogP contribution in [-0.2, 0) is 14.8 Å². The smallest absolute Gasteiger partial charge is 0.251 e. The standard InChI is InChI=1S/C21H27N3O4S/c1-23(2)29(26,27)19-10-6-9-18(15-19)21(25)22-20(17-7-4-3-5-8-17)16-24-11-13-28-14-12-24/h3-10,15,20H,11-14,16H2,1-2H3,(H,22,25)/t20-/m1/s1. The van der Waals surface area contributed by atoms with E-state index in [-0.39, 0.29) is 16.8 Å². The van der Waals surface area contributed by atoms with E-state index in [2.05, 4.69) is 10.2 Å². The molecule has 1 heterocycles. The van der Waals surface area contributed by atoms with Crippen molar-refractivity contribution in [2.75, 3.05) is 46.9 Å². The molecule has 156 valence electrons. The number of sulfonamides is 1. The predicted molar refractivity (Wildman–Crippen MR) is 111 cm³/mol. The number of morpholine rings is 1. The molecule has 0 bridgehead atoms. The SMILES string of the molecule is CN(C)S(=O)(=O)c1cccc(C(=O)N[C@H](CN2CCOCC2)c2ccccc2)c1. The molecule has 0 aliphatic carbocycles. The first-order valence-electron chi connectivity index (χ1n) is 9.56. The fourth-order valence-corrected chi connectivity index (χ4v) is 4.16. The van der Waals surface area contributed by atoms with E-state index in [1.165, 1.54) is 26.2 Å². The van der Waals surface area contributed by atoms with Crippen LogP contribution >= 0.6 is 0 Å². The molecule has 1 N–H and O–H groups in total. The molecule has 8 heteroatoms. The molecule has 29 heavy (non-hydrogen) atoms. The molecule has 1 fully saturated rings. The molecule has 0 radical (unpaired) electrons. The summed E-state index contributed by atoms with van der Waals surface area (Å²) in [5.74, 6) is -0.303. The van der Waals surface area contributed by atoms with Crippen LogP contribution in [0.15, 0.2) is 59.5 Å². The van der Waals surface area contributed by atoms with Crippen molar-refractivity contribution in [1.82, 2.24) is 14.5 Å². The van der Waals surface area contributed by atoms with Gasteiger partial charge < -0.3 is 10.1 Å². The van der Waals surface area contributed by atoms with E-state index in [0.29, 0.717) is 25.3 Å². The van der Waals surface area contributed by atoms with Gasteiger partial charge in [0, 0.05) is 39.3 Å². The van der Waals surface area contributed by atoms with E-state index in [0.717, 1.165) is 23.0 Å². The van der Waals surface area contributed by atoms with Crippen LogP contribution in [0.1, 0.15) is 22.0 Å². The van der Waals surface area contributed by atoms with Crippen molar-refractivity contribution >= 4 is 15.9 Å². The van der Waals surface area contributed by atoms with E-state index in [1.807, 2.05) is 30.3 Å². The highest BCUT2D eigenvalue weighted by molar-refractivity contribution is 7.89. The molecular formula is C21H27N3O4S. The van der Waals surface area contributed by atoms with E-state index in [9.17, 15) is 13.2 Å². The molecule has 1 amide bonds. The molecule has 0 saturated carbocycles. The van der Waals surface area contributed by atoms with Gasteiger partial charge in [-0.05, 0) is 23.8 Å². The first-order chi connectivity index (χ1) is 13.9. The number of nitrogens with one attached hydrogen (secondary N) is 1. The van der Waals surface area contributed by atoms with Crippen LogP contribution < -0.4 is 5.32 Å². The second kappa shape index (κ2) is 9.49. The minimum absolute atomic E-state index is 0.0968. The molecule has 0 spiro atoms. The van der Waals surface area contributed by atoms with Crippen LogP contribution in [0.25, 0.3) is 0 Å². The number of carbonyl (C=O) groups excluding carboxylic acids is 1. The summed E-state index contributed by atoms with van der Waals surface area (Å²) in [4.78, 5) is 15.3. The maximum Gasteiger partial charge on any atom is 0.251 e. The van der Waals surface area contributed by atoms with Gasteiger partial charge in [-0.25, -0.2) is 12.7 Å². The van der Waals surface area contributed by atoms with Crippen molar-refractivity contribution in [1.29, 1.82) is 0 Å². The maximum absolute atomic E-state index is 13.0. The lowest BCUT2D eigenvalue weighted by atomic mass is 10.1. The minimum atomic E-state index is -3.61. The fourth-order valence-electron chi connectivity index (χ4n) is 3.21. The molecule has 3 rings (SSSR count). The highest BCUT2D eigenvalue weighted by Crippen LogP contribution is 2.18. The molecule has 2 aromatic rings. The lowest BCUT2D eigenvalue weighted by Gasteiger charge is -2.31. The van der Waals surface area contributed by atoms with Gasteiger partial charge in [-0.1, -0.05) is 36.4 Å². The monoisotopic (exact) mass is 417 g/mol. The van der Waals surface area contributed by atoms with Crippen molar-refractivity contribution in [3.05, 3.63) is 65.7 Å². The molecule has 2 aromatic carbocycles. The second-order valence-electron chi connectivity index (χ2n) is 7.16. The van der Waals surface area contributed by atoms with Crippen molar-refractivity contribution in [3.8, 4) is 0 Å². The predicted octanol–water partition coefficient (Wildman–Crippen LogP) is 1.74. The van der Waals surface area contributed by atoms with Gasteiger partial charge in [0.1, 0.15) is 0 Å². The van der Waals surface area contributed by atoms with Crippen molar-refractivity contribution in [3.63, 3.8) is 0 Å². The van der Waals surface area contributed by atoms with Gasteiger partial charge in [0.15, 0.2) is 0 Å². The Morgan fingerprint density at radius 2 is 1.79 bits per heavy atom. The summed E-state index contributed by atoms with van der Waals surface area (Å²) < 4.78 is 31.3. The minimum Gasteiger partial charge on any atom is -0.379 e. The van der Waals surface area contributed by atoms with Crippen LogP contribution in [0.2, 0.25) is 0 Å². The summed E-state index contributed by atoms with van der Waals surface area (Å²) in [5.41, 5.74) is 1.32. The Balaban J connectivity index is 1.81. The van der Waals surface area contributed by atoms with E-state index >= 15 is 0 Å². The Bertz CT molecular complexity index is 926. The second-order valence-corrected chi connectivity index (χ2v) is 9.32. The highest BCUT2D eigenvalue weighted by atomic mass is 32.2. The highest BCUT2D eigenvalue weighted by Gasteiger charge is 2.22. The quantitative estimate of drug-likeness (QED) is 0.742. The van der Waals surface area contributed by atoms with Crippen molar-refractivity contribution in [2.24, 2.45) is 0 Å². The first kappa shape index (κ1) is 21.4. The van der Waals surface area contributed by atoms with E-state index in [1.54, 1.807) is 12.1 Å². The molecule has 1 aliphatic heterocycles. The van der Waals surface area contributed by atoms with Gasteiger partial charge >= 0.3 is 0 Å². The number of benzene rings is 2. The van der Waals surface area contributed by atoms with Crippen LogP contribution in [0.4, 0.5) is 0 Å². The summed E-state index contributed by atoms with van der Waals surface area (Å²) in [6, 6.07) is 15.7. The summed E-state index contributed by atoms with van der Waals surface area (Å²) in [7, 11) is -0.669. The lowest BCUT2D eigenvalue weighted by Crippen LogP contribution is -2.43. The van der Waals surface area contributed by atoms with Crippen LogP contribution in [0.5, 0.6) is 0 Å². The summed E-state index contributed by atoms with van der Waals surface area (Å²) in [5, 5.41) is 3.07. The Morgan fingerprint density at radius 3 is 2.45 bits per heavy atom. The zero-order chi connectivity index (χ0) is 20.9. The van der Waals surface area contributed by atoms with Crippen molar-refractivity contribution < 1.29 is 17.9 Å². The summed E-state index contributed by atoms with van der Waals surface area (Å²) in [6.45, 7) is 3.65. The Morgan fingerprint density at radius 1 is 1.10 bits per heavy atom. The Hall–Kier alpha value is -2.26. The number of rotatable bonds is 7. The van der Waals surface area contributed by atoms with Crippen LogP contribution in [0.3, 0.4) is 0 Å². The van der Waals surface area contributed by atoms with Gasteiger partial charge in [0.2, 0.25) is 10.0 Å². The summed E-state index contributed by atoms with van der Waals surface area (Å²) in [6.07, 6.45) is 0. The number of carbonyl (C=O) groups is 1. The molecule has 1 saturated heterocycles. The van der Waals surface area contributed by atoms with Crippen molar-refractivity contribution in [2.45, 2.75) is 10.9 Å². The Labute approximate surface area is 172 Å². The lowest BCUT2D eigenvalue weighted by molar-refractivity contribution is 0.0332. The normalized spacial score (nSPS) is 16.5. The maximum atomic E-state index is 13.0. The zero-order valence-electron chi connectivity index (χ0n) is 16.7. The molecule has 1 aliphatic rings. The average Bonchev–Trinajstić information content (AvgIpc) is 2.74. The van der Waals surface area contributed by atoms with Gasteiger partial charge in [-0.15, -0.1) is 0 Å². The van der Waals surface area contributed by atoms with Crippen LogP contribution in [0, 0.1) is 0 Å². The topological polar surface area (TPSA) is 79.0 Å². The fraction of sp³-hybridized carbons (Fsp3) is 0.381. The molecule has 1 atom stereocenters. The van der Waals surface area contributed by atoms with Gasteiger partial charge in [0.25, 0.3) is 5.91 Å². The molecule has 0 unspecified atom stereocenters. The van der Waals surface area contributed by atoms with Gasteiger partial charge in [-0.2, -0.15) is 0 Å². The molecular weight excluding hydrogens is 390 g/mol. The Kier molecular flexibility index (Phi) is 7.02. The molecule has 0 aromatic heterocycles. The number of nitrogens with zero attached hydrogens (tertiary/aromatic N) is 2. The summed E-state index contributed by atoms with van der Waals surface area (Å²) >= 11 is 0. The van der Waals surface area contributed by atoms with Gasteiger partial charge in [0.05, 0.1) is 24.2 Å². The first-order valence-corrected chi connectivity index (χ1v) is 11.0. The largest absolute Gasteiger partial charge is 0.379 e. The number of hydrogen-bond acceptors (Lipinski definition) is 5. The van der Waals surface area contributed by atoms with Gasteiger partial charge in [-0.3, -0.25) is 9.69 Å². The van der Waals surface area contributed by atoms with E-state index < -0.39 is 10.0 Å². The third kappa shape index (κ3) is 5.42. The average molecular weight is 418 g/mol. The zero-order valence-corrected chi connectivity index (χ0v) is 17.6.